The molecule has 0 fully saturated rings. The summed E-state index contributed by atoms with van der Waals surface area (Å²) in [5.74, 6) is 0. The van der Waals surface area contributed by atoms with Gasteiger partial charge >= 0.3 is 10.2 Å². The van der Waals surface area contributed by atoms with Crippen LogP contribution in [-0.4, -0.2) is 33.3 Å². The van der Waals surface area contributed by atoms with Crippen molar-refractivity contribution in [2.75, 3.05) is 6.61 Å². The summed E-state index contributed by atoms with van der Waals surface area (Å²) in [5.41, 5.74) is 1.90. The van der Waals surface area contributed by atoms with Crippen molar-refractivity contribution in [2.45, 2.75) is 47.1 Å². The first-order valence-corrected chi connectivity index (χ1v) is 7.15. The van der Waals surface area contributed by atoms with Gasteiger partial charge in [-0.1, -0.05) is 57.5 Å². The largest absolute Gasteiger partial charge is 0.475 e. The molecule has 1 rings (SSSR count). The van der Waals surface area contributed by atoms with Crippen LogP contribution in [0.3, 0.4) is 0 Å². The van der Waals surface area contributed by atoms with Gasteiger partial charge in [-0.15, -0.1) is 0 Å². The minimum absolute atomic E-state index is 0.230. The molecule has 0 radical (unpaired) electrons. The summed E-state index contributed by atoms with van der Waals surface area (Å²) >= 11 is 0. The third-order valence-corrected chi connectivity index (χ3v) is 2.19. The molecule has 0 aliphatic rings. The highest BCUT2D eigenvalue weighted by molar-refractivity contribution is 5.21. The summed E-state index contributed by atoms with van der Waals surface area (Å²) in [7, 11) is 0. The summed E-state index contributed by atoms with van der Waals surface area (Å²) in [5, 5.41) is 15.3. The van der Waals surface area contributed by atoms with Gasteiger partial charge in [0, 0.05) is 6.42 Å². The van der Waals surface area contributed by atoms with Crippen molar-refractivity contribution in [3.05, 3.63) is 45.2 Å². The minimum atomic E-state index is -0.904. The van der Waals surface area contributed by atoms with E-state index in [1.54, 1.807) is 0 Å². The molecule has 0 saturated carbocycles. The monoisotopic (exact) mass is 318 g/mol. The molecule has 22 heavy (non-hydrogen) atoms. The molecule has 1 atom stereocenters. The Hall–Kier alpha value is -2.38. The molecule has 0 spiro atoms. The molecule has 2 N–H and O–H groups in total. The molecule has 0 aliphatic carbocycles. The van der Waals surface area contributed by atoms with Crippen LogP contribution in [0.15, 0.2) is 24.3 Å². The van der Waals surface area contributed by atoms with E-state index < -0.39 is 16.3 Å². The maximum absolute atomic E-state index is 10.4. The first-order valence-electron chi connectivity index (χ1n) is 7.15. The molecule has 8 nitrogen and oxygen atoms in total. The van der Waals surface area contributed by atoms with Crippen LogP contribution in [0.5, 0.6) is 0 Å². The molecule has 126 valence electrons. The zero-order valence-electron chi connectivity index (χ0n) is 13.7. The lowest BCUT2D eigenvalue weighted by molar-refractivity contribution is -0.995. The van der Waals surface area contributed by atoms with Crippen LogP contribution < -0.4 is 0 Å². The Morgan fingerprint density at radius 2 is 1.50 bits per heavy atom. The van der Waals surface area contributed by atoms with Gasteiger partial charge in [-0.2, -0.15) is 9.68 Å². The predicted octanol–water partition coefficient (Wildman–Crippen LogP) is 3.16. The molecule has 0 aromatic heterocycles. The van der Waals surface area contributed by atoms with E-state index in [0.717, 1.165) is 11.1 Å². The highest BCUT2D eigenvalue weighted by atomic mass is 17.0. The zero-order valence-corrected chi connectivity index (χ0v) is 13.7. The third-order valence-electron chi connectivity index (χ3n) is 2.19. The van der Waals surface area contributed by atoms with Crippen molar-refractivity contribution in [3.63, 3.8) is 0 Å². The predicted molar refractivity (Wildman–Crippen MR) is 79.2 cm³/mol. The standard InChI is InChI=1S/C10H14N2O6.2C2H6/c1-8-2-4-9(5-3-8)6-10(18-12(15)16)7-17-11(13)14;2*1-2/h2-5,10H,6-7H2,1H3,(H,13,14)(H,15,16);2*1-2H3/q+2;;. The van der Waals surface area contributed by atoms with E-state index in [0.29, 0.717) is 0 Å². The van der Waals surface area contributed by atoms with Gasteiger partial charge in [0.15, 0.2) is 0 Å². The average Bonchev–Trinajstić information content (AvgIpc) is 2.50. The van der Waals surface area contributed by atoms with Crippen molar-refractivity contribution in [1.29, 1.82) is 0 Å². The van der Waals surface area contributed by atoms with E-state index in [1.807, 2.05) is 58.9 Å². The molecule has 0 aliphatic heterocycles. The maximum Gasteiger partial charge on any atom is 0.475 e. The summed E-state index contributed by atoms with van der Waals surface area (Å²) in [4.78, 5) is 29.3. The molecular weight excluding hydrogens is 292 g/mol. The molecule has 0 saturated heterocycles. The molecular formula is C14H26N2O6+2. The zero-order chi connectivity index (χ0) is 17.5. The molecule has 0 heterocycles. The smallest absolute Gasteiger partial charge is 0.200 e. The van der Waals surface area contributed by atoms with Gasteiger partial charge in [0.2, 0.25) is 12.7 Å². The van der Waals surface area contributed by atoms with Crippen LogP contribution in [0, 0.1) is 16.7 Å². The van der Waals surface area contributed by atoms with Gasteiger partial charge in [0.05, 0.1) is 0 Å². The highest BCUT2D eigenvalue weighted by Gasteiger charge is 2.25. The van der Waals surface area contributed by atoms with E-state index in [9.17, 15) is 9.81 Å². The molecule has 1 aromatic rings. The van der Waals surface area contributed by atoms with Crippen molar-refractivity contribution < 1.29 is 30.3 Å². The molecule has 0 bridgehead atoms. The van der Waals surface area contributed by atoms with Crippen LogP contribution in [-0.2, 0) is 16.1 Å². The van der Waals surface area contributed by atoms with Crippen molar-refractivity contribution in [2.24, 2.45) is 0 Å². The summed E-state index contributed by atoms with van der Waals surface area (Å²) < 4.78 is 0. The number of hydrogen-bond acceptors (Lipinski definition) is 4. The lowest BCUT2D eigenvalue weighted by atomic mass is 10.1. The fraction of sp³-hybridized carbons (Fsp3) is 0.571. The van der Waals surface area contributed by atoms with Crippen molar-refractivity contribution in [1.82, 2.24) is 0 Å². The Bertz CT molecular complexity index is 422. The Morgan fingerprint density at radius 3 is 1.91 bits per heavy atom. The molecule has 0 amide bonds. The first kappa shape index (κ1) is 21.9. The maximum atomic E-state index is 10.4. The van der Waals surface area contributed by atoms with Gasteiger partial charge in [0.25, 0.3) is 0 Å². The van der Waals surface area contributed by atoms with Crippen LogP contribution in [0.4, 0.5) is 0 Å². The number of hydrogen-bond donors (Lipinski definition) is 2. The van der Waals surface area contributed by atoms with E-state index in [4.69, 9.17) is 10.4 Å². The second kappa shape index (κ2) is 13.6. The number of aryl methyl sites for hydroxylation is 1. The van der Waals surface area contributed by atoms with E-state index in [2.05, 4.69) is 9.68 Å². The Morgan fingerprint density at radius 1 is 1.00 bits per heavy atom. The SMILES string of the molecule is CC.CC.Cc1ccc(CC(CO[N+](=O)O)O[N+](=O)O)cc1. The third kappa shape index (κ3) is 11.4. The molecule has 1 unspecified atom stereocenters. The second-order valence-electron chi connectivity index (χ2n) is 3.69. The van der Waals surface area contributed by atoms with Gasteiger partial charge < -0.3 is 0 Å². The minimum Gasteiger partial charge on any atom is -0.200 e. The fourth-order valence-electron chi connectivity index (χ4n) is 1.39. The summed E-state index contributed by atoms with van der Waals surface area (Å²) in [6.07, 6.45) is -0.674. The van der Waals surface area contributed by atoms with E-state index >= 15 is 0 Å². The van der Waals surface area contributed by atoms with Gasteiger partial charge in [0.1, 0.15) is 9.81 Å². The Kier molecular flexibility index (Phi) is 13.5. The lowest BCUT2D eigenvalue weighted by Crippen LogP contribution is -2.27. The van der Waals surface area contributed by atoms with Crippen LogP contribution >= 0.6 is 0 Å². The first-order chi connectivity index (χ1) is 10.5. The second-order valence-corrected chi connectivity index (χ2v) is 3.69. The van der Waals surface area contributed by atoms with Crippen molar-refractivity contribution in [3.8, 4) is 0 Å². The normalized spacial score (nSPS) is 10.0. The number of rotatable bonds is 7. The van der Waals surface area contributed by atoms with Crippen LogP contribution in [0.2, 0.25) is 0 Å². The summed E-state index contributed by atoms with van der Waals surface area (Å²) in [6, 6.07) is 7.36. The highest BCUT2D eigenvalue weighted by Crippen LogP contribution is 2.08. The average molecular weight is 318 g/mol. The Balaban J connectivity index is 0. The molecule has 8 heteroatoms. The van der Waals surface area contributed by atoms with Gasteiger partial charge in [-0.05, 0) is 12.5 Å². The van der Waals surface area contributed by atoms with E-state index in [-0.39, 0.29) is 13.0 Å². The topological polar surface area (TPSA) is 99.1 Å². The van der Waals surface area contributed by atoms with Gasteiger partial charge in [-0.25, -0.2) is 10.4 Å². The summed E-state index contributed by atoms with van der Waals surface area (Å²) in [6.45, 7) is 9.54. The van der Waals surface area contributed by atoms with E-state index in [1.165, 1.54) is 0 Å². The lowest BCUT2D eigenvalue weighted by Gasteiger charge is -2.06. The Labute approximate surface area is 130 Å². The van der Waals surface area contributed by atoms with Crippen molar-refractivity contribution >= 4 is 0 Å². The quantitative estimate of drug-likeness (QED) is 0.749. The van der Waals surface area contributed by atoms with Gasteiger partial charge in [-0.3, -0.25) is 0 Å². The van der Waals surface area contributed by atoms with Crippen LogP contribution in [0.1, 0.15) is 38.8 Å². The molecule has 1 aromatic carbocycles. The fourth-order valence-corrected chi connectivity index (χ4v) is 1.39. The van der Waals surface area contributed by atoms with Crippen LogP contribution in [0.25, 0.3) is 0 Å². The number of benzene rings is 1. The number of nitrogens with zero attached hydrogens (tertiary/aromatic N) is 2.